The Morgan fingerprint density at radius 1 is 1.44 bits per heavy atom. The molecular weight excluding hydrogens is 204 g/mol. The Morgan fingerprint density at radius 3 is 2.62 bits per heavy atom. The third kappa shape index (κ3) is 2.52. The van der Waals surface area contributed by atoms with E-state index in [0.29, 0.717) is 11.6 Å². The van der Waals surface area contributed by atoms with E-state index in [4.69, 9.17) is 5.11 Å². The maximum absolute atomic E-state index is 10.7. The maximum atomic E-state index is 10.7. The number of hydrogen-bond donors (Lipinski definition) is 2. The van der Waals surface area contributed by atoms with E-state index in [1.165, 1.54) is 0 Å². The molecule has 2 N–H and O–H groups in total. The van der Waals surface area contributed by atoms with Gasteiger partial charge in [-0.1, -0.05) is 0 Å². The molecule has 1 aliphatic heterocycles. The summed E-state index contributed by atoms with van der Waals surface area (Å²) in [5.41, 5.74) is 1.32. The molecule has 0 amide bonds. The zero-order valence-electron chi connectivity index (χ0n) is 9.31. The molecule has 1 atom stereocenters. The van der Waals surface area contributed by atoms with Crippen LogP contribution in [0.2, 0.25) is 0 Å². The Labute approximate surface area is 94.9 Å². The summed E-state index contributed by atoms with van der Waals surface area (Å²) in [6, 6.07) is 7.37. The van der Waals surface area contributed by atoms with Crippen LogP contribution in [0, 0.1) is 0 Å². The molecule has 0 spiro atoms. The standard InChI is InChI=1S/C12H16N2O2/c1-14-7-6-11(8-14)13-10-4-2-9(3-5-10)12(15)16/h2-5,11,13H,6-8H2,1H3,(H,15,16). The van der Waals surface area contributed by atoms with Crippen molar-refractivity contribution in [3.05, 3.63) is 29.8 Å². The average molecular weight is 220 g/mol. The first kappa shape index (κ1) is 11.0. The van der Waals surface area contributed by atoms with Crippen LogP contribution in [0.25, 0.3) is 0 Å². The highest BCUT2D eigenvalue weighted by Crippen LogP contribution is 2.15. The van der Waals surface area contributed by atoms with Gasteiger partial charge in [-0.15, -0.1) is 0 Å². The van der Waals surface area contributed by atoms with Crippen LogP contribution in [0.3, 0.4) is 0 Å². The molecule has 0 saturated carbocycles. The lowest BCUT2D eigenvalue weighted by Gasteiger charge is -2.14. The number of benzene rings is 1. The zero-order chi connectivity index (χ0) is 11.5. The number of aromatic carboxylic acids is 1. The van der Waals surface area contributed by atoms with Crippen molar-refractivity contribution in [1.82, 2.24) is 4.90 Å². The molecule has 1 fully saturated rings. The lowest BCUT2D eigenvalue weighted by atomic mass is 10.2. The molecule has 0 aromatic heterocycles. The second-order valence-electron chi connectivity index (χ2n) is 4.27. The van der Waals surface area contributed by atoms with Crippen LogP contribution in [-0.2, 0) is 0 Å². The van der Waals surface area contributed by atoms with Gasteiger partial charge in [0.1, 0.15) is 0 Å². The molecule has 16 heavy (non-hydrogen) atoms. The monoisotopic (exact) mass is 220 g/mol. The van der Waals surface area contributed by atoms with Gasteiger partial charge in [0.2, 0.25) is 0 Å². The fraction of sp³-hybridized carbons (Fsp3) is 0.417. The molecule has 0 radical (unpaired) electrons. The molecular formula is C12H16N2O2. The summed E-state index contributed by atoms with van der Waals surface area (Å²) in [6.45, 7) is 2.16. The molecule has 1 unspecified atom stereocenters. The average Bonchev–Trinajstić information content (AvgIpc) is 2.65. The van der Waals surface area contributed by atoms with Crippen molar-refractivity contribution in [2.75, 3.05) is 25.5 Å². The number of nitrogens with one attached hydrogen (secondary N) is 1. The van der Waals surface area contributed by atoms with Crippen LogP contribution in [0.4, 0.5) is 5.69 Å². The third-order valence-electron chi connectivity index (χ3n) is 2.89. The van der Waals surface area contributed by atoms with Crippen molar-refractivity contribution in [3.8, 4) is 0 Å². The lowest BCUT2D eigenvalue weighted by molar-refractivity contribution is 0.0697. The van der Waals surface area contributed by atoms with Crippen LogP contribution in [0.1, 0.15) is 16.8 Å². The predicted molar refractivity (Wildman–Crippen MR) is 62.9 cm³/mol. The molecule has 1 aromatic rings. The van der Waals surface area contributed by atoms with Crippen molar-refractivity contribution < 1.29 is 9.90 Å². The Hall–Kier alpha value is -1.55. The van der Waals surface area contributed by atoms with Gasteiger partial charge >= 0.3 is 5.97 Å². The number of likely N-dealkylation sites (N-methyl/N-ethyl adjacent to an activating group) is 1. The van der Waals surface area contributed by atoms with Gasteiger partial charge in [-0.2, -0.15) is 0 Å². The van der Waals surface area contributed by atoms with Gasteiger partial charge in [-0.25, -0.2) is 4.79 Å². The van der Waals surface area contributed by atoms with Gasteiger partial charge in [0.25, 0.3) is 0 Å². The van der Waals surface area contributed by atoms with E-state index in [1.807, 2.05) is 12.1 Å². The number of carboxylic acid groups (broad SMARTS) is 1. The summed E-state index contributed by atoms with van der Waals surface area (Å²) in [5.74, 6) is -0.882. The SMILES string of the molecule is CN1CCC(Nc2ccc(C(=O)O)cc2)C1. The van der Waals surface area contributed by atoms with Crippen molar-refractivity contribution in [1.29, 1.82) is 0 Å². The number of carbonyl (C=O) groups is 1. The quantitative estimate of drug-likeness (QED) is 0.810. The summed E-state index contributed by atoms with van der Waals surface area (Å²) >= 11 is 0. The van der Waals surface area contributed by atoms with Crippen LogP contribution in [0.15, 0.2) is 24.3 Å². The maximum Gasteiger partial charge on any atom is 0.335 e. The van der Waals surface area contributed by atoms with Crippen molar-refractivity contribution in [2.24, 2.45) is 0 Å². The molecule has 0 bridgehead atoms. The van der Waals surface area contributed by atoms with E-state index < -0.39 is 5.97 Å². The minimum Gasteiger partial charge on any atom is -0.478 e. The molecule has 2 rings (SSSR count). The number of anilines is 1. The molecule has 4 heteroatoms. The number of hydrogen-bond acceptors (Lipinski definition) is 3. The number of carboxylic acids is 1. The first-order valence-electron chi connectivity index (χ1n) is 5.43. The lowest BCUT2D eigenvalue weighted by Crippen LogP contribution is -2.23. The molecule has 1 aliphatic rings. The van der Waals surface area contributed by atoms with Crippen molar-refractivity contribution in [3.63, 3.8) is 0 Å². The second-order valence-corrected chi connectivity index (χ2v) is 4.27. The highest BCUT2D eigenvalue weighted by Gasteiger charge is 2.18. The fourth-order valence-corrected chi connectivity index (χ4v) is 2.00. The van der Waals surface area contributed by atoms with Crippen LogP contribution < -0.4 is 5.32 Å². The summed E-state index contributed by atoms with van der Waals surface area (Å²) < 4.78 is 0. The van der Waals surface area contributed by atoms with Crippen molar-refractivity contribution >= 4 is 11.7 Å². The van der Waals surface area contributed by atoms with E-state index in [2.05, 4.69) is 17.3 Å². The molecule has 1 heterocycles. The molecule has 1 saturated heterocycles. The van der Waals surface area contributed by atoms with Gasteiger partial charge in [0, 0.05) is 18.3 Å². The summed E-state index contributed by atoms with van der Waals surface area (Å²) in [7, 11) is 2.11. The summed E-state index contributed by atoms with van der Waals surface area (Å²) in [5, 5.41) is 12.2. The minimum absolute atomic E-state index is 0.328. The number of rotatable bonds is 3. The zero-order valence-corrected chi connectivity index (χ0v) is 9.31. The largest absolute Gasteiger partial charge is 0.478 e. The van der Waals surface area contributed by atoms with Crippen LogP contribution >= 0.6 is 0 Å². The van der Waals surface area contributed by atoms with Gasteiger partial charge in [0.15, 0.2) is 0 Å². The minimum atomic E-state index is -0.882. The summed E-state index contributed by atoms with van der Waals surface area (Å²) in [6.07, 6.45) is 1.14. The van der Waals surface area contributed by atoms with Gasteiger partial charge in [0.05, 0.1) is 5.56 Å². The topological polar surface area (TPSA) is 52.6 Å². The molecule has 4 nitrogen and oxygen atoms in total. The number of likely N-dealkylation sites (tertiary alicyclic amines) is 1. The third-order valence-corrected chi connectivity index (χ3v) is 2.89. The number of nitrogens with zero attached hydrogens (tertiary/aromatic N) is 1. The fourth-order valence-electron chi connectivity index (χ4n) is 2.00. The highest BCUT2D eigenvalue weighted by atomic mass is 16.4. The van der Waals surface area contributed by atoms with Crippen molar-refractivity contribution in [2.45, 2.75) is 12.5 Å². The Balaban J connectivity index is 1.97. The van der Waals surface area contributed by atoms with E-state index in [9.17, 15) is 4.79 Å². The molecule has 1 aromatic carbocycles. The molecule has 86 valence electrons. The predicted octanol–water partition coefficient (Wildman–Crippen LogP) is 1.50. The van der Waals surface area contributed by atoms with E-state index in [0.717, 1.165) is 25.2 Å². The second kappa shape index (κ2) is 4.53. The van der Waals surface area contributed by atoms with E-state index in [-0.39, 0.29) is 0 Å². The van der Waals surface area contributed by atoms with Gasteiger partial charge in [-0.05, 0) is 44.3 Å². The van der Waals surface area contributed by atoms with E-state index >= 15 is 0 Å². The highest BCUT2D eigenvalue weighted by molar-refractivity contribution is 5.87. The van der Waals surface area contributed by atoms with E-state index in [1.54, 1.807) is 12.1 Å². The van der Waals surface area contributed by atoms with Gasteiger partial charge < -0.3 is 15.3 Å². The summed E-state index contributed by atoms with van der Waals surface area (Å²) in [4.78, 5) is 13.0. The molecule has 0 aliphatic carbocycles. The van der Waals surface area contributed by atoms with Crippen LogP contribution in [-0.4, -0.2) is 42.2 Å². The van der Waals surface area contributed by atoms with Gasteiger partial charge in [-0.3, -0.25) is 0 Å². The first-order valence-corrected chi connectivity index (χ1v) is 5.43. The smallest absolute Gasteiger partial charge is 0.335 e. The first-order chi connectivity index (χ1) is 7.65. The Bertz CT molecular complexity index is 375. The Kier molecular flexibility index (Phi) is 3.10. The Morgan fingerprint density at radius 2 is 2.12 bits per heavy atom. The van der Waals surface area contributed by atoms with Crippen LogP contribution in [0.5, 0.6) is 0 Å². The normalized spacial score (nSPS) is 20.9.